The number of pyridine rings is 1. The minimum absolute atomic E-state index is 0.0460. The molecule has 0 aliphatic rings. The molecule has 132 valence electrons. The molecule has 0 fully saturated rings. The van der Waals surface area contributed by atoms with Crippen molar-refractivity contribution in [3.8, 4) is 21.8 Å². The zero-order chi connectivity index (χ0) is 18.4. The average molecular weight is 375 g/mol. The van der Waals surface area contributed by atoms with Crippen molar-refractivity contribution in [3.05, 3.63) is 46.6 Å². The predicted molar refractivity (Wildman–Crippen MR) is 90.1 cm³/mol. The quantitative estimate of drug-likeness (QED) is 0.475. The lowest BCUT2D eigenvalue weighted by molar-refractivity contribution is -0.0426. The van der Waals surface area contributed by atoms with Crippen LogP contribution in [0, 0.1) is 18.6 Å². The minimum Gasteiger partial charge on any atom is -0.363 e. The number of fused-ring (bicyclic) bond motifs is 1. The molecule has 0 saturated heterocycles. The van der Waals surface area contributed by atoms with Crippen molar-refractivity contribution in [2.24, 2.45) is 0 Å². The van der Waals surface area contributed by atoms with Crippen molar-refractivity contribution in [1.29, 1.82) is 0 Å². The van der Waals surface area contributed by atoms with Crippen LogP contribution in [0.2, 0.25) is 0 Å². The number of aromatic nitrogens is 5. The molecular formula is C16H11F2N5O2S. The van der Waals surface area contributed by atoms with E-state index in [4.69, 9.17) is 0 Å². The largest absolute Gasteiger partial charge is 0.363 e. The van der Waals surface area contributed by atoms with E-state index in [-0.39, 0.29) is 27.3 Å². The molecule has 4 aromatic rings. The van der Waals surface area contributed by atoms with Gasteiger partial charge in [0.1, 0.15) is 10.5 Å². The van der Waals surface area contributed by atoms with Gasteiger partial charge in [-0.3, -0.25) is 5.10 Å². The molecule has 0 bridgehead atoms. The SMILES string of the molecule is Cc1nc(C(O)O)sc1-c1cccc(-c2cc(F)c3[nH]nnc3c2F)n1. The second kappa shape index (κ2) is 6.16. The molecule has 1 aromatic carbocycles. The molecule has 26 heavy (non-hydrogen) atoms. The number of H-pyrrole nitrogens is 1. The maximum Gasteiger partial charge on any atom is 0.205 e. The summed E-state index contributed by atoms with van der Waals surface area (Å²) in [4.78, 5) is 9.07. The normalized spacial score (nSPS) is 11.6. The Morgan fingerprint density at radius 1 is 1.15 bits per heavy atom. The zero-order valence-corrected chi connectivity index (χ0v) is 14.1. The molecule has 0 saturated carbocycles. The fourth-order valence-electron chi connectivity index (χ4n) is 2.60. The first kappa shape index (κ1) is 16.6. The summed E-state index contributed by atoms with van der Waals surface area (Å²) in [5.41, 5.74) is 0.873. The van der Waals surface area contributed by atoms with Gasteiger partial charge < -0.3 is 10.2 Å². The molecular weight excluding hydrogens is 364 g/mol. The van der Waals surface area contributed by atoms with Crippen LogP contribution in [0.1, 0.15) is 17.0 Å². The molecule has 0 amide bonds. The van der Waals surface area contributed by atoms with Crippen molar-refractivity contribution in [3.63, 3.8) is 0 Å². The highest BCUT2D eigenvalue weighted by Gasteiger charge is 2.19. The number of nitrogens with zero attached hydrogens (tertiary/aromatic N) is 4. The fourth-order valence-corrected chi connectivity index (χ4v) is 3.51. The maximum atomic E-state index is 14.7. The number of hydrogen-bond donors (Lipinski definition) is 3. The Bertz CT molecular complexity index is 1130. The number of benzene rings is 1. The van der Waals surface area contributed by atoms with Gasteiger partial charge in [-0.1, -0.05) is 11.3 Å². The maximum absolute atomic E-state index is 14.7. The van der Waals surface area contributed by atoms with Crippen LogP contribution in [0.25, 0.3) is 32.9 Å². The van der Waals surface area contributed by atoms with Gasteiger partial charge in [0.15, 0.2) is 17.2 Å². The first-order chi connectivity index (χ1) is 12.5. The lowest BCUT2D eigenvalue weighted by Gasteiger charge is -2.06. The number of rotatable bonds is 3. The van der Waals surface area contributed by atoms with Gasteiger partial charge >= 0.3 is 0 Å². The zero-order valence-electron chi connectivity index (χ0n) is 13.2. The third kappa shape index (κ3) is 2.64. The summed E-state index contributed by atoms with van der Waals surface area (Å²) in [6.45, 7) is 1.70. The molecule has 4 rings (SSSR count). The number of aromatic amines is 1. The summed E-state index contributed by atoms with van der Waals surface area (Å²) < 4.78 is 28.8. The van der Waals surface area contributed by atoms with Crippen LogP contribution < -0.4 is 0 Å². The van der Waals surface area contributed by atoms with Crippen LogP contribution in [0.4, 0.5) is 8.78 Å². The monoisotopic (exact) mass is 375 g/mol. The van der Waals surface area contributed by atoms with Gasteiger partial charge in [-0.05, 0) is 25.1 Å². The molecule has 0 atom stereocenters. The Hall–Kier alpha value is -2.82. The molecule has 10 heteroatoms. The minimum atomic E-state index is -1.68. The summed E-state index contributed by atoms with van der Waals surface area (Å²) >= 11 is 1.07. The second-order valence-electron chi connectivity index (χ2n) is 5.50. The van der Waals surface area contributed by atoms with Crippen LogP contribution in [0.3, 0.4) is 0 Å². The van der Waals surface area contributed by atoms with E-state index >= 15 is 0 Å². The number of thiazole rings is 1. The molecule has 0 radical (unpaired) electrons. The fraction of sp³-hybridized carbons (Fsp3) is 0.125. The summed E-state index contributed by atoms with van der Waals surface area (Å²) in [7, 11) is 0. The second-order valence-corrected chi connectivity index (χ2v) is 6.53. The Morgan fingerprint density at radius 2 is 1.92 bits per heavy atom. The Labute approximate surface area is 149 Å². The summed E-state index contributed by atoms with van der Waals surface area (Å²) in [5, 5.41) is 28.0. The van der Waals surface area contributed by atoms with Crippen molar-refractivity contribution < 1.29 is 19.0 Å². The van der Waals surface area contributed by atoms with Crippen LogP contribution in [0.5, 0.6) is 0 Å². The van der Waals surface area contributed by atoms with Crippen LogP contribution in [0.15, 0.2) is 24.3 Å². The number of nitrogens with one attached hydrogen (secondary N) is 1. The molecule has 0 aliphatic carbocycles. The van der Waals surface area contributed by atoms with E-state index in [2.05, 4.69) is 25.4 Å². The third-order valence-corrected chi connectivity index (χ3v) is 5.01. The topological polar surface area (TPSA) is 108 Å². The standard InChI is InChI=1S/C16H11F2N5O2S/c1-6-14(26-15(19-6)16(24)25)10-4-2-3-9(20-10)7-5-8(17)12-13(11(7)18)22-23-21-12/h2-5,16,24-25H,1H3,(H,21,22,23). The first-order valence-electron chi connectivity index (χ1n) is 7.45. The van der Waals surface area contributed by atoms with E-state index < -0.39 is 17.9 Å². The van der Waals surface area contributed by atoms with Gasteiger partial charge in [0.05, 0.1) is 22.0 Å². The highest BCUT2D eigenvalue weighted by Crippen LogP contribution is 2.33. The predicted octanol–water partition coefficient (Wildman–Crippen LogP) is 2.71. The lowest BCUT2D eigenvalue weighted by Crippen LogP contribution is -1.94. The van der Waals surface area contributed by atoms with Crippen LogP contribution in [-0.2, 0) is 0 Å². The van der Waals surface area contributed by atoms with Crippen molar-refractivity contribution in [1.82, 2.24) is 25.4 Å². The smallest absolute Gasteiger partial charge is 0.205 e. The Kier molecular flexibility index (Phi) is 3.94. The van der Waals surface area contributed by atoms with E-state index in [9.17, 15) is 19.0 Å². The number of halogens is 2. The summed E-state index contributed by atoms with van der Waals surface area (Å²) in [5.74, 6) is -1.42. The van der Waals surface area contributed by atoms with Gasteiger partial charge in [-0.25, -0.2) is 18.7 Å². The van der Waals surface area contributed by atoms with E-state index in [0.717, 1.165) is 17.4 Å². The molecule has 3 heterocycles. The third-order valence-electron chi connectivity index (χ3n) is 3.79. The van der Waals surface area contributed by atoms with Crippen LogP contribution >= 0.6 is 11.3 Å². The average Bonchev–Trinajstić information content (AvgIpc) is 3.25. The number of aliphatic hydroxyl groups is 2. The van der Waals surface area contributed by atoms with Crippen LogP contribution in [-0.4, -0.2) is 35.6 Å². The van der Waals surface area contributed by atoms with E-state index in [1.54, 1.807) is 25.1 Å². The van der Waals surface area contributed by atoms with Crippen molar-refractivity contribution in [2.45, 2.75) is 13.2 Å². The number of aryl methyl sites for hydroxylation is 1. The number of aliphatic hydroxyl groups excluding tert-OH is 1. The molecule has 3 aromatic heterocycles. The summed E-state index contributed by atoms with van der Waals surface area (Å²) in [6.07, 6.45) is -1.68. The molecule has 3 N–H and O–H groups in total. The van der Waals surface area contributed by atoms with E-state index in [1.165, 1.54) is 0 Å². The van der Waals surface area contributed by atoms with Gasteiger partial charge in [0, 0.05) is 5.56 Å². The summed E-state index contributed by atoms with van der Waals surface area (Å²) in [6, 6.07) is 5.91. The van der Waals surface area contributed by atoms with E-state index in [1.807, 2.05) is 0 Å². The highest BCUT2D eigenvalue weighted by atomic mass is 32.1. The molecule has 7 nitrogen and oxygen atoms in total. The molecule has 0 aliphatic heterocycles. The van der Waals surface area contributed by atoms with Crippen molar-refractivity contribution >= 4 is 22.4 Å². The number of hydrogen-bond acceptors (Lipinski definition) is 7. The molecule has 0 spiro atoms. The first-order valence-corrected chi connectivity index (χ1v) is 8.27. The lowest BCUT2D eigenvalue weighted by atomic mass is 10.1. The Morgan fingerprint density at radius 3 is 2.65 bits per heavy atom. The van der Waals surface area contributed by atoms with Gasteiger partial charge in [0.25, 0.3) is 0 Å². The van der Waals surface area contributed by atoms with Gasteiger partial charge in [-0.2, -0.15) is 0 Å². The Balaban J connectivity index is 1.86. The van der Waals surface area contributed by atoms with Gasteiger partial charge in [0.2, 0.25) is 6.29 Å². The van der Waals surface area contributed by atoms with Gasteiger partial charge in [-0.15, -0.1) is 16.4 Å². The highest BCUT2D eigenvalue weighted by molar-refractivity contribution is 7.15. The van der Waals surface area contributed by atoms with E-state index in [0.29, 0.717) is 16.3 Å². The van der Waals surface area contributed by atoms with Crippen molar-refractivity contribution in [2.75, 3.05) is 0 Å². The molecule has 0 unspecified atom stereocenters.